The summed E-state index contributed by atoms with van der Waals surface area (Å²) in [6.07, 6.45) is 2.29. The minimum Gasteiger partial charge on any atom is -0.458 e. The Morgan fingerprint density at radius 3 is 2.78 bits per heavy atom. The Bertz CT molecular complexity index is 399. The van der Waals surface area contributed by atoms with E-state index in [0.717, 1.165) is 19.3 Å². The lowest BCUT2D eigenvalue weighted by molar-refractivity contribution is -0.200. The van der Waals surface area contributed by atoms with Crippen LogP contribution in [0.3, 0.4) is 0 Å². The molecular weight excluding hydrogens is 232 g/mol. The lowest BCUT2D eigenvalue weighted by atomic mass is 9.81. The number of carbonyl (C=O) groups is 2. The number of ether oxygens (including phenoxy) is 2. The fourth-order valence-electron chi connectivity index (χ4n) is 3.49. The number of esters is 2. The Morgan fingerprint density at radius 2 is 2.17 bits per heavy atom. The second-order valence-corrected chi connectivity index (χ2v) is 6.51. The molecule has 0 amide bonds. The quantitative estimate of drug-likeness (QED) is 0.720. The Balaban J connectivity index is 1.73. The van der Waals surface area contributed by atoms with Gasteiger partial charge in [0.15, 0.2) is 0 Å². The Hall–Kier alpha value is -1.06. The van der Waals surface area contributed by atoms with E-state index in [9.17, 15) is 9.59 Å². The maximum atomic E-state index is 12.1. The predicted molar refractivity (Wildman–Crippen MR) is 63.5 cm³/mol. The normalized spacial score (nSPS) is 41.1. The molecule has 0 N–H and O–H groups in total. The molecule has 5 atom stereocenters. The van der Waals surface area contributed by atoms with E-state index in [1.165, 1.54) is 0 Å². The van der Waals surface area contributed by atoms with Gasteiger partial charge < -0.3 is 9.47 Å². The summed E-state index contributed by atoms with van der Waals surface area (Å²) in [6.45, 7) is 5.77. The lowest BCUT2D eigenvalue weighted by Gasteiger charge is -2.40. The third kappa shape index (κ3) is 1.50. The number of fused-ring (bicyclic) bond motifs is 1. The highest BCUT2D eigenvalue weighted by Gasteiger charge is 2.63. The molecule has 0 aromatic rings. The van der Waals surface area contributed by atoms with Crippen molar-refractivity contribution in [1.82, 2.24) is 0 Å². The minimum atomic E-state index is -0.453. The molecule has 4 aliphatic rings. The molecule has 18 heavy (non-hydrogen) atoms. The molecule has 4 bridgehead atoms. The van der Waals surface area contributed by atoms with E-state index in [0.29, 0.717) is 5.92 Å². The lowest BCUT2D eigenvalue weighted by Crippen LogP contribution is -2.52. The first kappa shape index (κ1) is 12.0. The molecule has 2 aliphatic carbocycles. The van der Waals surface area contributed by atoms with Crippen LogP contribution in [0.4, 0.5) is 0 Å². The average molecular weight is 252 g/mol. The molecule has 2 heterocycles. The zero-order chi connectivity index (χ0) is 13.1. The van der Waals surface area contributed by atoms with Crippen molar-refractivity contribution in [2.45, 2.75) is 52.2 Å². The molecule has 100 valence electrons. The second-order valence-electron chi connectivity index (χ2n) is 6.51. The van der Waals surface area contributed by atoms with Crippen LogP contribution in [0.1, 0.15) is 40.0 Å². The van der Waals surface area contributed by atoms with E-state index in [-0.39, 0.29) is 36.0 Å². The Labute approximate surface area is 107 Å². The van der Waals surface area contributed by atoms with Crippen LogP contribution in [0.2, 0.25) is 0 Å². The van der Waals surface area contributed by atoms with Crippen LogP contribution >= 0.6 is 0 Å². The van der Waals surface area contributed by atoms with Crippen LogP contribution in [0, 0.1) is 23.2 Å². The molecule has 2 saturated heterocycles. The number of hydrogen-bond acceptors (Lipinski definition) is 4. The maximum absolute atomic E-state index is 12.1. The highest BCUT2D eigenvalue weighted by atomic mass is 16.6. The maximum Gasteiger partial charge on any atom is 0.311 e. The van der Waals surface area contributed by atoms with Gasteiger partial charge in [0.05, 0.1) is 11.3 Å². The van der Waals surface area contributed by atoms with Gasteiger partial charge in [-0.2, -0.15) is 0 Å². The van der Waals surface area contributed by atoms with E-state index in [4.69, 9.17) is 9.47 Å². The van der Waals surface area contributed by atoms with Crippen molar-refractivity contribution in [2.24, 2.45) is 23.2 Å². The zero-order valence-corrected chi connectivity index (χ0v) is 11.1. The molecule has 4 rings (SSSR count). The molecule has 2 saturated carbocycles. The molecule has 0 aromatic carbocycles. The summed E-state index contributed by atoms with van der Waals surface area (Å²) >= 11 is 0. The Kier molecular flexibility index (Phi) is 2.48. The molecule has 4 nitrogen and oxygen atoms in total. The largest absolute Gasteiger partial charge is 0.458 e. The smallest absolute Gasteiger partial charge is 0.311 e. The summed E-state index contributed by atoms with van der Waals surface area (Å²) in [5, 5.41) is 0. The van der Waals surface area contributed by atoms with Crippen LogP contribution < -0.4 is 0 Å². The number of rotatable bonds is 3. The van der Waals surface area contributed by atoms with Crippen LogP contribution in [-0.4, -0.2) is 24.1 Å². The van der Waals surface area contributed by atoms with Crippen molar-refractivity contribution in [1.29, 1.82) is 0 Å². The van der Waals surface area contributed by atoms with E-state index >= 15 is 0 Å². The summed E-state index contributed by atoms with van der Waals surface area (Å²) in [7, 11) is 0. The first-order valence-corrected chi connectivity index (χ1v) is 6.85. The van der Waals surface area contributed by atoms with Gasteiger partial charge in [0.2, 0.25) is 0 Å². The topological polar surface area (TPSA) is 52.6 Å². The number of carbonyl (C=O) groups excluding carboxylic acids is 2. The summed E-state index contributed by atoms with van der Waals surface area (Å²) in [5.74, 6) is 0.352. The van der Waals surface area contributed by atoms with Crippen LogP contribution in [-0.2, 0) is 19.1 Å². The van der Waals surface area contributed by atoms with Gasteiger partial charge in [0.25, 0.3) is 0 Å². The number of hydrogen-bond donors (Lipinski definition) is 0. The minimum absolute atomic E-state index is 0.0254. The zero-order valence-electron chi connectivity index (χ0n) is 11.1. The monoisotopic (exact) mass is 252 g/mol. The standard InChI is InChI=1S/C14H20O4/c1-4-14(2,3)13(16)18-11-8-5-7-6-9(8)12(15)17-10(7)11/h7-11H,4-6H2,1-3H3. The van der Waals surface area contributed by atoms with Crippen molar-refractivity contribution in [3.05, 3.63) is 0 Å². The van der Waals surface area contributed by atoms with Crippen molar-refractivity contribution in [3.63, 3.8) is 0 Å². The molecule has 2 aliphatic heterocycles. The van der Waals surface area contributed by atoms with Crippen LogP contribution in [0.5, 0.6) is 0 Å². The third-order valence-electron chi connectivity index (χ3n) is 5.09. The van der Waals surface area contributed by atoms with Gasteiger partial charge in [-0.25, -0.2) is 0 Å². The highest BCUT2D eigenvalue weighted by molar-refractivity contribution is 5.78. The van der Waals surface area contributed by atoms with Gasteiger partial charge in [-0.15, -0.1) is 0 Å². The fourth-order valence-corrected chi connectivity index (χ4v) is 3.49. The third-order valence-corrected chi connectivity index (χ3v) is 5.09. The van der Waals surface area contributed by atoms with E-state index < -0.39 is 5.41 Å². The molecule has 0 radical (unpaired) electrons. The predicted octanol–water partition coefficient (Wildman–Crippen LogP) is 1.92. The SMILES string of the molecule is CCC(C)(C)C(=O)OC1C2CC3CC2C(=O)OC31. The summed E-state index contributed by atoms with van der Waals surface area (Å²) in [4.78, 5) is 23.7. The van der Waals surface area contributed by atoms with Crippen molar-refractivity contribution >= 4 is 11.9 Å². The first-order valence-electron chi connectivity index (χ1n) is 6.85. The van der Waals surface area contributed by atoms with Gasteiger partial charge in [0.1, 0.15) is 12.2 Å². The van der Waals surface area contributed by atoms with Crippen molar-refractivity contribution in [3.8, 4) is 0 Å². The average Bonchev–Trinajstić information content (AvgIpc) is 2.85. The second kappa shape index (κ2) is 3.72. The molecule has 4 heteroatoms. The molecule has 0 aromatic heterocycles. The van der Waals surface area contributed by atoms with Gasteiger partial charge >= 0.3 is 11.9 Å². The first-order chi connectivity index (χ1) is 8.44. The van der Waals surface area contributed by atoms with Gasteiger partial charge in [-0.3, -0.25) is 9.59 Å². The Morgan fingerprint density at radius 1 is 1.44 bits per heavy atom. The summed E-state index contributed by atoms with van der Waals surface area (Å²) in [5.41, 5.74) is -0.453. The van der Waals surface area contributed by atoms with Gasteiger partial charge in [-0.1, -0.05) is 6.92 Å². The van der Waals surface area contributed by atoms with Gasteiger partial charge in [-0.05, 0) is 33.1 Å². The van der Waals surface area contributed by atoms with Crippen molar-refractivity contribution < 1.29 is 19.1 Å². The highest BCUT2D eigenvalue weighted by Crippen LogP contribution is 2.55. The van der Waals surface area contributed by atoms with Crippen LogP contribution in [0.25, 0.3) is 0 Å². The van der Waals surface area contributed by atoms with E-state index in [2.05, 4.69) is 0 Å². The van der Waals surface area contributed by atoms with Crippen molar-refractivity contribution in [2.75, 3.05) is 0 Å². The molecule has 5 unspecified atom stereocenters. The van der Waals surface area contributed by atoms with Crippen LogP contribution in [0.15, 0.2) is 0 Å². The molecular formula is C14H20O4. The fraction of sp³-hybridized carbons (Fsp3) is 0.857. The molecule has 0 spiro atoms. The van der Waals surface area contributed by atoms with E-state index in [1.54, 1.807) is 0 Å². The summed E-state index contributed by atoms with van der Waals surface area (Å²) < 4.78 is 11.0. The molecule has 4 fully saturated rings. The van der Waals surface area contributed by atoms with Gasteiger partial charge in [0, 0.05) is 11.8 Å². The summed E-state index contributed by atoms with van der Waals surface area (Å²) in [6, 6.07) is 0. The van der Waals surface area contributed by atoms with E-state index in [1.807, 2.05) is 20.8 Å².